The van der Waals surface area contributed by atoms with E-state index in [2.05, 4.69) is 24.4 Å². The summed E-state index contributed by atoms with van der Waals surface area (Å²) in [6.07, 6.45) is 0.721. The van der Waals surface area contributed by atoms with Crippen molar-refractivity contribution in [3.8, 4) is 0 Å². The number of rotatable bonds is 5. The molecule has 0 spiro atoms. The van der Waals surface area contributed by atoms with Crippen molar-refractivity contribution < 1.29 is 4.39 Å². The molecule has 0 amide bonds. The minimum absolute atomic E-state index is 0. The van der Waals surface area contributed by atoms with Crippen LogP contribution in [-0.4, -0.2) is 6.54 Å². The van der Waals surface area contributed by atoms with Gasteiger partial charge < -0.3 is 5.32 Å². The van der Waals surface area contributed by atoms with Crippen molar-refractivity contribution in [2.45, 2.75) is 19.9 Å². The molecule has 0 fully saturated rings. The topological polar surface area (TPSA) is 12.0 Å². The van der Waals surface area contributed by atoms with E-state index in [0.29, 0.717) is 0 Å². The summed E-state index contributed by atoms with van der Waals surface area (Å²) in [5.74, 6) is -0.116. The Morgan fingerprint density at radius 1 is 0.947 bits per heavy atom. The SMILES string of the molecule is Cc1ccccc1CNCCc1ccccc1F.Cl. The number of benzene rings is 2. The Morgan fingerprint density at radius 2 is 1.58 bits per heavy atom. The monoisotopic (exact) mass is 279 g/mol. The van der Waals surface area contributed by atoms with Crippen molar-refractivity contribution in [1.82, 2.24) is 5.32 Å². The largest absolute Gasteiger partial charge is 0.312 e. The van der Waals surface area contributed by atoms with Crippen molar-refractivity contribution in [3.63, 3.8) is 0 Å². The summed E-state index contributed by atoms with van der Waals surface area (Å²) in [6, 6.07) is 15.2. The number of hydrogen-bond donors (Lipinski definition) is 1. The van der Waals surface area contributed by atoms with Crippen LogP contribution in [0.4, 0.5) is 4.39 Å². The van der Waals surface area contributed by atoms with E-state index in [-0.39, 0.29) is 18.2 Å². The van der Waals surface area contributed by atoms with E-state index in [1.54, 1.807) is 6.07 Å². The Hall–Kier alpha value is -1.38. The molecule has 2 aromatic rings. The summed E-state index contributed by atoms with van der Waals surface area (Å²) < 4.78 is 13.4. The van der Waals surface area contributed by atoms with Crippen LogP contribution in [0.15, 0.2) is 48.5 Å². The maximum atomic E-state index is 13.4. The van der Waals surface area contributed by atoms with Crippen LogP contribution >= 0.6 is 12.4 Å². The number of hydrogen-bond acceptors (Lipinski definition) is 1. The predicted molar refractivity (Wildman–Crippen MR) is 80.2 cm³/mol. The van der Waals surface area contributed by atoms with Gasteiger partial charge in [-0.2, -0.15) is 0 Å². The molecule has 0 saturated carbocycles. The molecule has 0 unspecified atom stereocenters. The van der Waals surface area contributed by atoms with Gasteiger partial charge in [0.1, 0.15) is 5.82 Å². The first-order chi connectivity index (χ1) is 8.77. The first-order valence-electron chi connectivity index (χ1n) is 6.26. The first-order valence-corrected chi connectivity index (χ1v) is 6.26. The average Bonchev–Trinajstić information content (AvgIpc) is 2.38. The van der Waals surface area contributed by atoms with Gasteiger partial charge >= 0.3 is 0 Å². The summed E-state index contributed by atoms with van der Waals surface area (Å²) in [5, 5.41) is 3.35. The highest BCUT2D eigenvalue weighted by molar-refractivity contribution is 5.85. The number of halogens is 2. The molecule has 0 aliphatic heterocycles. The minimum Gasteiger partial charge on any atom is -0.312 e. The van der Waals surface area contributed by atoms with E-state index in [0.717, 1.165) is 25.1 Å². The third-order valence-corrected chi connectivity index (χ3v) is 3.11. The van der Waals surface area contributed by atoms with Crippen LogP contribution in [-0.2, 0) is 13.0 Å². The van der Waals surface area contributed by atoms with Crippen LogP contribution < -0.4 is 5.32 Å². The van der Waals surface area contributed by atoms with E-state index in [9.17, 15) is 4.39 Å². The maximum Gasteiger partial charge on any atom is 0.126 e. The highest BCUT2D eigenvalue weighted by Crippen LogP contribution is 2.08. The fourth-order valence-corrected chi connectivity index (χ4v) is 1.96. The molecule has 2 rings (SSSR count). The molecule has 3 heteroatoms. The number of aryl methyl sites for hydroxylation is 1. The zero-order chi connectivity index (χ0) is 12.8. The van der Waals surface area contributed by atoms with Gasteiger partial charge in [0.15, 0.2) is 0 Å². The molecule has 0 heterocycles. The van der Waals surface area contributed by atoms with Crippen molar-refractivity contribution in [3.05, 3.63) is 71.0 Å². The quantitative estimate of drug-likeness (QED) is 0.819. The third kappa shape index (κ3) is 4.66. The average molecular weight is 280 g/mol. The zero-order valence-electron chi connectivity index (χ0n) is 11.0. The summed E-state index contributed by atoms with van der Waals surface area (Å²) in [6.45, 7) is 3.73. The molecule has 0 radical (unpaired) electrons. The van der Waals surface area contributed by atoms with Gasteiger partial charge in [0.05, 0.1) is 0 Å². The van der Waals surface area contributed by atoms with Crippen LogP contribution in [0.3, 0.4) is 0 Å². The zero-order valence-corrected chi connectivity index (χ0v) is 11.8. The van der Waals surface area contributed by atoms with Crippen molar-refractivity contribution in [1.29, 1.82) is 0 Å². The lowest BCUT2D eigenvalue weighted by molar-refractivity contribution is 0.597. The molecule has 0 aliphatic rings. The second kappa shape index (κ2) is 7.93. The highest BCUT2D eigenvalue weighted by atomic mass is 35.5. The van der Waals surface area contributed by atoms with Crippen LogP contribution in [0.1, 0.15) is 16.7 Å². The van der Waals surface area contributed by atoms with Crippen LogP contribution in [0.2, 0.25) is 0 Å². The summed E-state index contributed by atoms with van der Waals surface area (Å²) >= 11 is 0. The molecule has 0 bridgehead atoms. The van der Waals surface area contributed by atoms with Crippen molar-refractivity contribution >= 4 is 12.4 Å². The van der Waals surface area contributed by atoms with E-state index in [1.807, 2.05) is 24.3 Å². The van der Waals surface area contributed by atoms with E-state index in [4.69, 9.17) is 0 Å². The predicted octanol–water partition coefficient (Wildman–Crippen LogP) is 3.89. The van der Waals surface area contributed by atoms with Crippen molar-refractivity contribution in [2.75, 3.05) is 6.54 Å². The van der Waals surface area contributed by atoms with Gasteiger partial charge in [-0.15, -0.1) is 12.4 Å². The number of nitrogens with one attached hydrogen (secondary N) is 1. The molecular formula is C16H19ClFN. The Kier molecular flexibility index (Phi) is 6.54. The lowest BCUT2D eigenvalue weighted by Gasteiger charge is -2.08. The second-order valence-electron chi connectivity index (χ2n) is 4.44. The molecule has 0 aromatic heterocycles. The molecule has 0 saturated heterocycles. The molecule has 0 atom stereocenters. The molecule has 0 aliphatic carbocycles. The summed E-state index contributed by atoms with van der Waals surface area (Å²) in [4.78, 5) is 0. The normalized spacial score (nSPS) is 10.0. The van der Waals surface area contributed by atoms with Gasteiger partial charge in [-0.25, -0.2) is 4.39 Å². The standard InChI is InChI=1S/C16H18FN.ClH/c1-13-6-2-3-8-15(13)12-18-11-10-14-7-4-5-9-16(14)17;/h2-9,18H,10-12H2,1H3;1H. The van der Waals surface area contributed by atoms with Gasteiger partial charge in [0.2, 0.25) is 0 Å². The molecule has 2 aromatic carbocycles. The fraction of sp³-hybridized carbons (Fsp3) is 0.250. The van der Waals surface area contributed by atoms with Gasteiger partial charge in [0.25, 0.3) is 0 Å². The van der Waals surface area contributed by atoms with Crippen LogP contribution in [0.25, 0.3) is 0 Å². The molecular weight excluding hydrogens is 261 g/mol. The smallest absolute Gasteiger partial charge is 0.126 e. The lowest BCUT2D eigenvalue weighted by Crippen LogP contribution is -2.17. The van der Waals surface area contributed by atoms with Gasteiger partial charge in [0, 0.05) is 6.54 Å². The Labute approximate surface area is 120 Å². The maximum absolute atomic E-state index is 13.4. The summed E-state index contributed by atoms with van der Waals surface area (Å²) in [5.41, 5.74) is 3.36. The Balaban J connectivity index is 0.00000180. The molecule has 1 N–H and O–H groups in total. The van der Waals surface area contributed by atoms with Gasteiger partial charge in [-0.3, -0.25) is 0 Å². The highest BCUT2D eigenvalue weighted by Gasteiger charge is 2.00. The molecule has 1 nitrogen and oxygen atoms in total. The minimum atomic E-state index is -0.116. The van der Waals surface area contributed by atoms with Crippen molar-refractivity contribution in [2.24, 2.45) is 0 Å². The van der Waals surface area contributed by atoms with E-state index in [1.165, 1.54) is 17.2 Å². The first kappa shape index (κ1) is 15.7. The fourth-order valence-electron chi connectivity index (χ4n) is 1.96. The van der Waals surface area contributed by atoms with Crippen LogP contribution in [0, 0.1) is 12.7 Å². The summed E-state index contributed by atoms with van der Waals surface area (Å²) in [7, 11) is 0. The molecule has 102 valence electrons. The second-order valence-corrected chi connectivity index (χ2v) is 4.44. The van der Waals surface area contributed by atoms with Crippen LogP contribution in [0.5, 0.6) is 0 Å². The third-order valence-electron chi connectivity index (χ3n) is 3.11. The lowest BCUT2D eigenvalue weighted by atomic mass is 10.1. The van der Waals surface area contributed by atoms with E-state index >= 15 is 0 Å². The van der Waals surface area contributed by atoms with Gasteiger partial charge in [-0.1, -0.05) is 42.5 Å². The Morgan fingerprint density at radius 3 is 2.26 bits per heavy atom. The van der Waals surface area contributed by atoms with Gasteiger partial charge in [-0.05, 0) is 42.6 Å². The van der Waals surface area contributed by atoms with E-state index < -0.39 is 0 Å². The molecule has 19 heavy (non-hydrogen) atoms. The Bertz CT molecular complexity index is 466.